The smallest absolute Gasteiger partial charge is 0.181 e. The molecule has 0 amide bonds. The molecular formula is C23H28N8. The SMILES string of the molecule is CCCn1nc(CCC(C)C)nc1Cc1ccc(-c2ccncc2-c2nnn[nH]2)cc1. The van der Waals surface area contributed by atoms with Crippen LogP contribution in [0, 0.1) is 5.92 Å². The number of hydrogen-bond acceptors (Lipinski definition) is 6. The van der Waals surface area contributed by atoms with E-state index in [2.05, 4.69) is 75.3 Å². The summed E-state index contributed by atoms with van der Waals surface area (Å²) < 4.78 is 2.07. The topological polar surface area (TPSA) is 98.1 Å². The maximum Gasteiger partial charge on any atom is 0.181 e. The molecule has 3 heterocycles. The zero-order valence-electron chi connectivity index (χ0n) is 18.3. The predicted octanol–water partition coefficient (Wildman–Crippen LogP) is 4.11. The maximum absolute atomic E-state index is 4.84. The summed E-state index contributed by atoms with van der Waals surface area (Å²) in [4.78, 5) is 9.06. The van der Waals surface area contributed by atoms with Gasteiger partial charge in [0, 0.05) is 37.3 Å². The molecule has 0 unspecified atom stereocenters. The first kappa shape index (κ1) is 20.8. The minimum Gasteiger partial charge on any atom is -0.264 e. The molecule has 0 fully saturated rings. The lowest BCUT2D eigenvalue weighted by Crippen LogP contribution is -2.06. The Morgan fingerprint density at radius 2 is 1.90 bits per heavy atom. The molecule has 160 valence electrons. The average molecular weight is 417 g/mol. The number of rotatable bonds is 9. The van der Waals surface area contributed by atoms with Gasteiger partial charge >= 0.3 is 0 Å². The van der Waals surface area contributed by atoms with Gasteiger partial charge in [0.1, 0.15) is 5.82 Å². The van der Waals surface area contributed by atoms with Crippen LogP contribution in [0.5, 0.6) is 0 Å². The van der Waals surface area contributed by atoms with E-state index in [-0.39, 0.29) is 0 Å². The Hall–Kier alpha value is -3.42. The number of nitrogens with one attached hydrogen (secondary N) is 1. The minimum absolute atomic E-state index is 0.605. The highest BCUT2D eigenvalue weighted by Gasteiger charge is 2.13. The Morgan fingerprint density at radius 1 is 1.06 bits per heavy atom. The first-order valence-electron chi connectivity index (χ1n) is 10.8. The fourth-order valence-corrected chi connectivity index (χ4v) is 3.56. The van der Waals surface area contributed by atoms with Crippen LogP contribution in [0.25, 0.3) is 22.5 Å². The molecular weight excluding hydrogens is 388 g/mol. The number of tetrazole rings is 1. The maximum atomic E-state index is 4.84. The second-order valence-electron chi connectivity index (χ2n) is 8.14. The van der Waals surface area contributed by atoms with Gasteiger partial charge in [0.2, 0.25) is 0 Å². The largest absolute Gasteiger partial charge is 0.264 e. The van der Waals surface area contributed by atoms with Gasteiger partial charge in [-0.15, -0.1) is 5.10 Å². The van der Waals surface area contributed by atoms with Crippen LogP contribution in [0.4, 0.5) is 0 Å². The molecule has 3 aromatic heterocycles. The molecule has 0 radical (unpaired) electrons. The molecule has 4 aromatic rings. The van der Waals surface area contributed by atoms with Crippen LogP contribution in [-0.2, 0) is 19.4 Å². The number of benzene rings is 1. The number of pyridine rings is 1. The second-order valence-corrected chi connectivity index (χ2v) is 8.14. The summed E-state index contributed by atoms with van der Waals surface area (Å²) in [6, 6.07) is 10.5. The third kappa shape index (κ3) is 5.02. The van der Waals surface area contributed by atoms with E-state index in [9.17, 15) is 0 Å². The molecule has 8 heteroatoms. The summed E-state index contributed by atoms with van der Waals surface area (Å²) in [5.74, 6) is 3.25. The lowest BCUT2D eigenvalue weighted by Gasteiger charge is -2.08. The van der Waals surface area contributed by atoms with Gasteiger partial charge in [-0.3, -0.25) is 4.98 Å². The molecule has 0 spiro atoms. The van der Waals surface area contributed by atoms with Gasteiger partial charge in [0.25, 0.3) is 0 Å². The van der Waals surface area contributed by atoms with Crippen LogP contribution in [0.2, 0.25) is 0 Å². The van der Waals surface area contributed by atoms with E-state index < -0.39 is 0 Å². The van der Waals surface area contributed by atoms with Crippen LogP contribution in [0.15, 0.2) is 42.7 Å². The van der Waals surface area contributed by atoms with Crippen molar-refractivity contribution < 1.29 is 0 Å². The molecule has 0 aliphatic heterocycles. The van der Waals surface area contributed by atoms with Crippen LogP contribution in [0.1, 0.15) is 50.8 Å². The summed E-state index contributed by atoms with van der Waals surface area (Å²) in [6.45, 7) is 7.54. The number of aryl methyl sites for hydroxylation is 2. The molecule has 0 aliphatic rings. The van der Waals surface area contributed by atoms with Crippen molar-refractivity contribution in [2.24, 2.45) is 5.92 Å². The monoisotopic (exact) mass is 416 g/mol. The fourth-order valence-electron chi connectivity index (χ4n) is 3.56. The van der Waals surface area contributed by atoms with E-state index in [0.29, 0.717) is 11.7 Å². The Bertz CT molecular complexity index is 1100. The van der Waals surface area contributed by atoms with Crippen LogP contribution in [-0.4, -0.2) is 40.4 Å². The summed E-state index contributed by atoms with van der Waals surface area (Å²) in [6.07, 6.45) is 7.41. The molecule has 4 rings (SSSR count). The van der Waals surface area contributed by atoms with Crippen molar-refractivity contribution in [2.45, 2.75) is 53.0 Å². The minimum atomic E-state index is 0.605. The van der Waals surface area contributed by atoms with Crippen molar-refractivity contribution in [3.05, 3.63) is 59.9 Å². The number of nitrogens with zero attached hydrogens (tertiary/aromatic N) is 7. The van der Waals surface area contributed by atoms with E-state index in [4.69, 9.17) is 10.1 Å². The normalized spacial score (nSPS) is 11.4. The van der Waals surface area contributed by atoms with Crippen molar-refractivity contribution in [3.8, 4) is 22.5 Å². The van der Waals surface area contributed by atoms with Crippen LogP contribution < -0.4 is 0 Å². The third-order valence-electron chi connectivity index (χ3n) is 5.22. The van der Waals surface area contributed by atoms with E-state index in [1.807, 2.05) is 6.07 Å². The molecule has 0 saturated carbocycles. The van der Waals surface area contributed by atoms with Gasteiger partial charge in [-0.25, -0.2) is 14.8 Å². The van der Waals surface area contributed by atoms with Crippen LogP contribution >= 0.6 is 0 Å². The Balaban J connectivity index is 1.55. The first-order valence-corrected chi connectivity index (χ1v) is 10.8. The molecule has 1 N–H and O–H groups in total. The second kappa shape index (κ2) is 9.59. The summed E-state index contributed by atoms with van der Waals surface area (Å²) >= 11 is 0. The molecule has 0 saturated heterocycles. The molecule has 0 atom stereocenters. The highest BCUT2D eigenvalue weighted by Crippen LogP contribution is 2.29. The fraction of sp³-hybridized carbons (Fsp3) is 0.391. The van der Waals surface area contributed by atoms with Crippen molar-refractivity contribution in [1.29, 1.82) is 0 Å². The van der Waals surface area contributed by atoms with Gasteiger partial charge < -0.3 is 0 Å². The van der Waals surface area contributed by atoms with E-state index >= 15 is 0 Å². The lowest BCUT2D eigenvalue weighted by molar-refractivity contribution is 0.551. The Morgan fingerprint density at radius 3 is 2.61 bits per heavy atom. The van der Waals surface area contributed by atoms with Crippen molar-refractivity contribution in [3.63, 3.8) is 0 Å². The van der Waals surface area contributed by atoms with Crippen molar-refractivity contribution >= 4 is 0 Å². The standard InChI is InChI=1S/C23H28N8/c1-4-13-31-22(25-21(28-31)10-5-16(2)3)14-17-6-8-18(9-7-17)19-11-12-24-15-20(19)23-26-29-30-27-23/h6-9,11-12,15-16H,4-5,10,13-14H2,1-3H3,(H,26,27,29,30). The Labute approximate surface area is 182 Å². The quantitative estimate of drug-likeness (QED) is 0.441. The van der Waals surface area contributed by atoms with Gasteiger partial charge in [-0.2, -0.15) is 5.10 Å². The molecule has 0 bridgehead atoms. The van der Waals surface area contributed by atoms with Crippen molar-refractivity contribution in [1.82, 2.24) is 40.4 Å². The average Bonchev–Trinajstić information content (AvgIpc) is 3.44. The number of hydrogen-bond donors (Lipinski definition) is 1. The Kier molecular flexibility index (Phi) is 6.45. The molecule has 1 aromatic carbocycles. The zero-order valence-corrected chi connectivity index (χ0v) is 18.3. The molecule has 8 nitrogen and oxygen atoms in total. The third-order valence-corrected chi connectivity index (χ3v) is 5.22. The highest BCUT2D eigenvalue weighted by atomic mass is 15.5. The van der Waals surface area contributed by atoms with Crippen molar-refractivity contribution in [2.75, 3.05) is 0 Å². The van der Waals surface area contributed by atoms with E-state index in [1.165, 1.54) is 5.56 Å². The summed E-state index contributed by atoms with van der Waals surface area (Å²) in [5, 5.41) is 18.9. The van der Waals surface area contributed by atoms with Gasteiger partial charge in [-0.05, 0) is 51.9 Å². The van der Waals surface area contributed by atoms with Gasteiger partial charge in [0.05, 0.1) is 0 Å². The number of aromatic nitrogens is 8. The summed E-state index contributed by atoms with van der Waals surface area (Å²) in [7, 11) is 0. The van der Waals surface area contributed by atoms with E-state index in [0.717, 1.165) is 60.6 Å². The molecule has 0 aliphatic carbocycles. The highest BCUT2D eigenvalue weighted by molar-refractivity contribution is 5.79. The van der Waals surface area contributed by atoms with Gasteiger partial charge in [-0.1, -0.05) is 45.0 Å². The van der Waals surface area contributed by atoms with Gasteiger partial charge in [0.15, 0.2) is 11.6 Å². The predicted molar refractivity (Wildman–Crippen MR) is 119 cm³/mol. The van der Waals surface area contributed by atoms with Crippen LogP contribution in [0.3, 0.4) is 0 Å². The zero-order chi connectivity index (χ0) is 21.6. The first-order chi connectivity index (χ1) is 15.1. The molecule has 31 heavy (non-hydrogen) atoms. The number of H-pyrrole nitrogens is 1. The van der Waals surface area contributed by atoms with E-state index in [1.54, 1.807) is 12.4 Å². The number of aromatic amines is 1. The lowest BCUT2D eigenvalue weighted by atomic mass is 9.99. The summed E-state index contributed by atoms with van der Waals surface area (Å²) in [5.41, 5.74) is 4.20.